The SMILES string of the molecule is Cc1cc(N(c2ccccc2)c2ccc3c(c2)C(C)(C)c2ccccc2N3c2ccccc2)cc(N(c2ccccc2)c2coc3c2C(C)(C)CC3(C)C)c1. The van der Waals surface area contributed by atoms with Crippen molar-refractivity contribution in [1.82, 2.24) is 0 Å². The van der Waals surface area contributed by atoms with E-state index in [1.54, 1.807) is 0 Å². The van der Waals surface area contributed by atoms with E-state index in [9.17, 15) is 0 Å². The maximum atomic E-state index is 6.51. The molecule has 0 spiro atoms. The van der Waals surface area contributed by atoms with Gasteiger partial charge in [0.2, 0.25) is 0 Å². The van der Waals surface area contributed by atoms with Gasteiger partial charge in [-0.2, -0.15) is 0 Å². The quantitative estimate of drug-likeness (QED) is 0.164. The Morgan fingerprint density at radius 1 is 0.509 bits per heavy atom. The zero-order chi connectivity index (χ0) is 38.1. The molecule has 0 fully saturated rings. The molecule has 9 rings (SSSR count). The minimum Gasteiger partial charge on any atom is -0.466 e. The summed E-state index contributed by atoms with van der Waals surface area (Å²) in [4.78, 5) is 7.23. The van der Waals surface area contributed by atoms with Crippen molar-refractivity contribution in [2.75, 3.05) is 14.7 Å². The molecule has 55 heavy (non-hydrogen) atoms. The highest BCUT2D eigenvalue weighted by Crippen LogP contribution is 2.57. The van der Waals surface area contributed by atoms with Crippen LogP contribution < -0.4 is 14.7 Å². The number of rotatable bonds is 7. The summed E-state index contributed by atoms with van der Waals surface area (Å²) in [6.45, 7) is 16.3. The number of hydrogen-bond acceptors (Lipinski definition) is 4. The number of benzene rings is 6. The molecule has 0 unspecified atom stereocenters. The summed E-state index contributed by atoms with van der Waals surface area (Å²) in [6.07, 6.45) is 3.02. The molecule has 1 aliphatic carbocycles. The fraction of sp³-hybridized carbons (Fsp3) is 0.216. The lowest BCUT2D eigenvalue weighted by Crippen LogP contribution is -2.30. The monoisotopic (exact) mass is 719 g/mol. The molecular formula is C51H49N3O. The molecule has 0 saturated heterocycles. The summed E-state index contributed by atoms with van der Waals surface area (Å²) >= 11 is 0. The van der Waals surface area contributed by atoms with Crippen LogP contribution in [0.25, 0.3) is 0 Å². The van der Waals surface area contributed by atoms with E-state index in [0.717, 1.165) is 52.0 Å². The second-order valence-corrected chi connectivity index (χ2v) is 17.2. The molecule has 2 aliphatic rings. The summed E-state index contributed by atoms with van der Waals surface area (Å²) < 4.78 is 6.51. The van der Waals surface area contributed by atoms with Crippen molar-refractivity contribution in [3.8, 4) is 0 Å². The lowest BCUT2D eigenvalue weighted by molar-refractivity contribution is 0.351. The molecule has 4 heteroatoms. The topological polar surface area (TPSA) is 22.9 Å². The molecule has 274 valence electrons. The minimum absolute atomic E-state index is 0.0425. The lowest BCUT2D eigenvalue weighted by atomic mass is 9.73. The van der Waals surface area contributed by atoms with Crippen molar-refractivity contribution < 1.29 is 4.42 Å². The van der Waals surface area contributed by atoms with Gasteiger partial charge in [0.25, 0.3) is 0 Å². The van der Waals surface area contributed by atoms with Crippen LogP contribution in [0.4, 0.5) is 51.2 Å². The third kappa shape index (κ3) is 5.74. The van der Waals surface area contributed by atoms with Gasteiger partial charge in [-0.25, -0.2) is 0 Å². The van der Waals surface area contributed by atoms with E-state index in [2.05, 4.69) is 215 Å². The van der Waals surface area contributed by atoms with E-state index < -0.39 is 0 Å². The van der Waals surface area contributed by atoms with Gasteiger partial charge < -0.3 is 19.1 Å². The highest BCUT2D eigenvalue weighted by atomic mass is 16.3. The predicted molar refractivity (Wildman–Crippen MR) is 230 cm³/mol. The number of hydrogen-bond donors (Lipinski definition) is 0. The maximum Gasteiger partial charge on any atom is 0.115 e. The van der Waals surface area contributed by atoms with Gasteiger partial charge in [-0.15, -0.1) is 0 Å². The highest BCUT2D eigenvalue weighted by Gasteiger charge is 2.48. The number of anilines is 9. The van der Waals surface area contributed by atoms with Crippen molar-refractivity contribution in [2.24, 2.45) is 0 Å². The summed E-state index contributed by atoms with van der Waals surface area (Å²) in [7, 11) is 0. The smallest absolute Gasteiger partial charge is 0.115 e. The first-order valence-electron chi connectivity index (χ1n) is 19.5. The molecule has 0 radical (unpaired) electrons. The second kappa shape index (κ2) is 12.8. The molecular weight excluding hydrogens is 671 g/mol. The minimum atomic E-state index is -0.236. The van der Waals surface area contributed by atoms with Crippen LogP contribution in [0.5, 0.6) is 0 Å². The van der Waals surface area contributed by atoms with E-state index >= 15 is 0 Å². The van der Waals surface area contributed by atoms with E-state index in [4.69, 9.17) is 4.42 Å². The first kappa shape index (κ1) is 34.7. The molecule has 2 heterocycles. The van der Waals surface area contributed by atoms with Crippen molar-refractivity contribution in [3.05, 3.63) is 186 Å². The van der Waals surface area contributed by atoms with Gasteiger partial charge >= 0.3 is 0 Å². The predicted octanol–water partition coefficient (Wildman–Crippen LogP) is 14.6. The van der Waals surface area contributed by atoms with Crippen LogP contribution in [0.1, 0.15) is 76.0 Å². The second-order valence-electron chi connectivity index (χ2n) is 17.2. The fourth-order valence-electron chi connectivity index (χ4n) is 9.65. The first-order valence-corrected chi connectivity index (χ1v) is 19.5. The van der Waals surface area contributed by atoms with Gasteiger partial charge in [-0.3, -0.25) is 0 Å². The van der Waals surface area contributed by atoms with Crippen LogP contribution >= 0.6 is 0 Å². The Morgan fingerprint density at radius 2 is 1.07 bits per heavy atom. The van der Waals surface area contributed by atoms with E-state index in [-0.39, 0.29) is 16.2 Å². The van der Waals surface area contributed by atoms with Crippen LogP contribution in [0.2, 0.25) is 0 Å². The summed E-state index contributed by atoms with van der Waals surface area (Å²) in [5.74, 6) is 1.09. The van der Waals surface area contributed by atoms with Crippen molar-refractivity contribution >= 4 is 51.2 Å². The average Bonchev–Trinajstić information content (AvgIpc) is 3.71. The molecule has 1 aromatic heterocycles. The third-order valence-electron chi connectivity index (χ3n) is 11.8. The largest absolute Gasteiger partial charge is 0.466 e. The van der Waals surface area contributed by atoms with E-state index in [1.807, 2.05) is 6.26 Å². The highest BCUT2D eigenvalue weighted by molar-refractivity contribution is 5.90. The number of para-hydroxylation sites is 4. The van der Waals surface area contributed by atoms with Crippen LogP contribution in [0, 0.1) is 6.92 Å². The van der Waals surface area contributed by atoms with Crippen LogP contribution in [-0.4, -0.2) is 0 Å². The van der Waals surface area contributed by atoms with Crippen LogP contribution in [0.15, 0.2) is 162 Å². The Bertz CT molecular complexity index is 2510. The zero-order valence-corrected chi connectivity index (χ0v) is 33.0. The zero-order valence-electron chi connectivity index (χ0n) is 33.0. The van der Waals surface area contributed by atoms with Crippen LogP contribution in [0.3, 0.4) is 0 Å². The fourth-order valence-corrected chi connectivity index (χ4v) is 9.65. The van der Waals surface area contributed by atoms with Gasteiger partial charge in [-0.05, 0) is 114 Å². The lowest BCUT2D eigenvalue weighted by Gasteiger charge is -2.42. The number of fused-ring (bicyclic) bond motifs is 3. The number of nitrogens with zero attached hydrogens (tertiary/aromatic N) is 3. The number of aryl methyl sites for hydroxylation is 1. The van der Waals surface area contributed by atoms with Crippen molar-refractivity contribution in [3.63, 3.8) is 0 Å². The molecule has 1 aliphatic heterocycles. The Balaban J connectivity index is 1.24. The molecule has 0 bridgehead atoms. The average molecular weight is 720 g/mol. The summed E-state index contributed by atoms with van der Waals surface area (Å²) in [6, 6.07) is 55.1. The summed E-state index contributed by atoms with van der Waals surface area (Å²) in [5, 5.41) is 0. The van der Waals surface area contributed by atoms with Gasteiger partial charge in [0.05, 0.1) is 17.1 Å². The van der Waals surface area contributed by atoms with Gasteiger partial charge in [0.15, 0.2) is 0 Å². The normalized spacial score (nSPS) is 15.9. The molecule has 6 aromatic carbocycles. The standard InChI is InChI=1S/C51H49N3O/c1-35-29-40(31-41(30-35)53(37-21-13-9-14-22-37)46-33-55-48-47(46)49(2,3)34-50(48,4)5)52(36-19-11-8-12-20-36)39-27-28-45-43(32-39)51(6,7)42-25-17-18-26-44(42)54(45)38-23-15-10-16-24-38/h8-33H,34H2,1-7H3. The van der Waals surface area contributed by atoms with Gasteiger partial charge in [0.1, 0.15) is 12.0 Å². The number of furan rings is 1. The first-order chi connectivity index (χ1) is 26.4. The van der Waals surface area contributed by atoms with E-state index in [0.29, 0.717) is 0 Å². The molecule has 7 aromatic rings. The van der Waals surface area contributed by atoms with E-state index in [1.165, 1.54) is 33.6 Å². The van der Waals surface area contributed by atoms with Gasteiger partial charge in [0, 0.05) is 50.5 Å². The molecule has 0 N–H and O–H groups in total. The Morgan fingerprint density at radius 3 is 1.75 bits per heavy atom. The molecule has 0 saturated carbocycles. The maximum absolute atomic E-state index is 6.51. The van der Waals surface area contributed by atoms with Crippen molar-refractivity contribution in [2.45, 2.75) is 71.1 Å². The summed E-state index contributed by atoms with van der Waals surface area (Å²) in [5.41, 5.74) is 14.9. The van der Waals surface area contributed by atoms with Crippen molar-refractivity contribution in [1.29, 1.82) is 0 Å². The molecule has 0 amide bonds. The van der Waals surface area contributed by atoms with Crippen LogP contribution in [-0.2, 0) is 16.2 Å². The van der Waals surface area contributed by atoms with Gasteiger partial charge in [-0.1, -0.05) is 114 Å². The molecule has 0 atom stereocenters. The third-order valence-corrected chi connectivity index (χ3v) is 11.8. The Labute approximate surface area is 326 Å². The molecule has 4 nitrogen and oxygen atoms in total. The Kier molecular flexibility index (Phi) is 8.09. The Hall–Kier alpha value is -6.00.